The lowest BCUT2D eigenvalue weighted by atomic mass is 10.1. The van der Waals surface area contributed by atoms with Crippen molar-refractivity contribution in [2.24, 2.45) is 0 Å². The fourth-order valence-electron chi connectivity index (χ4n) is 1.50. The van der Waals surface area contributed by atoms with Crippen molar-refractivity contribution in [2.45, 2.75) is 26.2 Å². The van der Waals surface area contributed by atoms with Crippen LogP contribution in [0.1, 0.15) is 25.3 Å². The molecule has 0 saturated heterocycles. The van der Waals surface area contributed by atoms with Crippen LogP contribution in [0.15, 0.2) is 36.9 Å². The number of hydrogen-bond donors (Lipinski definition) is 0. The van der Waals surface area contributed by atoms with E-state index in [2.05, 4.69) is 6.58 Å². The Bertz CT molecular complexity index is 421. The molecular weight excluding hydrogens is 216 g/mol. The number of ether oxygens (including phenoxy) is 1. The van der Waals surface area contributed by atoms with Crippen molar-refractivity contribution in [3.05, 3.63) is 42.5 Å². The van der Waals surface area contributed by atoms with Crippen LogP contribution in [0.3, 0.4) is 0 Å². The highest BCUT2D eigenvalue weighted by atomic mass is 16.5. The summed E-state index contributed by atoms with van der Waals surface area (Å²) in [6.07, 6.45) is 3.40. The summed E-state index contributed by atoms with van der Waals surface area (Å²) in [6.45, 7) is 4.80. The van der Waals surface area contributed by atoms with Crippen LogP contribution >= 0.6 is 0 Å². The smallest absolute Gasteiger partial charge is 0.308 e. The molecule has 0 amide bonds. The predicted octanol–water partition coefficient (Wildman–Crippen LogP) is 2.69. The summed E-state index contributed by atoms with van der Waals surface area (Å²) >= 11 is 0. The van der Waals surface area contributed by atoms with E-state index < -0.39 is 0 Å². The Kier molecular flexibility index (Phi) is 5.14. The van der Waals surface area contributed by atoms with Gasteiger partial charge in [-0.2, -0.15) is 0 Å². The second-order valence-corrected chi connectivity index (χ2v) is 3.77. The average molecular weight is 232 g/mol. The molecule has 0 saturated carbocycles. The summed E-state index contributed by atoms with van der Waals surface area (Å²) in [5.74, 6) is 0.273. The molecule has 0 atom stereocenters. The van der Waals surface area contributed by atoms with E-state index in [4.69, 9.17) is 4.74 Å². The number of rotatable bonds is 6. The van der Waals surface area contributed by atoms with Gasteiger partial charge in [0.2, 0.25) is 0 Å². The molecule has 0 N–H and O–H groups in total. The minimum absolute atomic E-state index is 0.0566. The van der Waals surface area contributed by atoms with Gasteiger partial charge in [0.15, 0.2) is 5.78 Å². The molecule has 3 nitrogen and oxygen atoms in total. The minimum Gasteiger partial charge on any atom is -0.427 e. The van der Waals surface area contributed by atoms with Crippen LogP contribution in [0.25, 0.3) is 0 Å². The summed E-state index contributed by atoms with van der Waals surface area (Å²) in [4.78, 5) is 21.8. The summed E-state index contributed by atoms with van der Waals surface area (Å²) in [7, 11) is 0. The Labute approximate surface area is 101 Å². The Morgan fingerprint density at radius 2 is 2.18 bits per heavy atom. The van der Waals surface area contributed by atoms with Crippen molar-refractivity contribution < 1.29 is 14.3 Å². The van der Waals surface area contributed by atoms with Gasteiger partial charge in [0.25, 0.3) is 0 Å². The lowest BCUT2D eigenvalue weighted by Crippen LogP contribution is -2.01. The number of carbonyl (C=O) groups excluding carboxylic acids is 2. The second kappa shape index (κ2) is 6.63. The number of ketones is 1. The van der Waals surface area contributed by atoms with Gasteiger partial charge in [-0.3, -0.25) is 9.59 Å². The molecule has 0 aliphatic rings. The highest BCUT2D eigenvalue weighted by Gasteiger charge is 2.01. The quantitative estimate of drug-likeness (QED) is 0.430. The highest BCUT2D eigenvalue weighted by Crippen LogP contribution is 2.15. The van der Waals surface area contributed by atoms with E-state index in [0.717, 1.165) is 18.4 Å². The maximum absolute atomic E-state index is 11.0. The van der Waals surface area contributed by atoms with E-state index in [1.54, 1.807) is 6.07 Å². The SMILES string of the molecule is C=CC(=O)CCCc1cccc(OC(C)=O)c1. The zero-order valence-electron chi connectivity index (χ0n) is 9.94. The molecular formula is C14H16O3. The molecule has 0 spiro atoms. The normalized spacial score (nSPS) is 9.71. The molecule has 1 aromatic carbocycles. The van der Waals surface area contributed by atoms with Crippen molar-refractivity contribution in [1.82, 2.24) is 0 Å². The van der Waals surface area contributed by atoms with Crippen LogP contribution in [0, 0.1) is 0 Å². The van der Waals surface area contributed by atoms with Crippen molar-refractivity contribution in [3.8, 4) is 5.75 Å². The van der Waals surface area contributed by atoms with E-state index in [1.165, 1.54) is 13.0 Å². The number of esters is 1. The molecule has 0 unspecified atom stereocenters. The third-order valence-electron chi connectivity index (χ3n) is 2.28. The van der Waals surface area contributed by atoms with Crippen LogP contribution in [-0.4, -0.2) is 11.8 Å². The van der Waals surface area contributed by atoms with Gasteiger partial charge in [0, 0.05) is 13.3 Å². The van der Waals surface area contributed by atoms with Gasteiger partial charge < -0.3 is 4.74 Å². The number of aryl methyl sites for hydroxylation is 1. The van der Waals surface area contributed by atoms with Gasteiger partial charge in [-0.25, -0.2) is 0 Å². The van der Waals surface area contributed by atoms with Crippen LogP contribution < -0.4 is 4.74 Å². The number of allylic oxidation sites excluding steroid dienone is 1. The van der Waals surface area contributed by atoms with Crippen LogP contribution in [0.4, 0.5) is 0 Å². The van der Waals surface area contributed by atoms with Crippen LogP contribution in [-0.2, 0) is 16.0 Å². The first-order chi connectivity index (χ1) is 8.11. The largest absolute Gasteiger partial charge is 0.427 e. The Hall–Kier alpha value is -1.90. The highest BCUT2D eigenvalue weighted by molar-refractivity contribution is 5.88. The van der Waals surface area contributed by atoms with E-state index >= 15 is 0 Å². The second-order valence-electron chi connectivity index (χ2n) is 3.77. The first kappa shape index (κ1) is 13.2. The van der Waals surface area contributed by atoms with Crippen LogP contribution in [0.2, 0.25) is 0 Å². The standard InChI is InChI=1S/C14H16O3/c1-3-13(16)8-4-6-12-7-5-9-14(10-12)17-11(2)15/h3,5,7,9-10H,1,4,6,8H2,2H3. The zero-order valence-corrected chi connectivity index (χ0v) is 9.94. The lowest BCUT2D eigenvalue weighted by Gasteiger charge is -2.04. The van der Waals surface area contributed by atoms with Gasteiger partial charge in [-0.15, -0.1) is 0 Å². The van der Waals surface area contributed by atoms with Gasteiger partial charge in [-0.1, -0.05) is 18.7 Å². The first-order valence-corrected chi connectivity index (χ1v) is 5.54. The fraction of sp³-hybridized carbons (Fsp3) is 0.286. The third kappa shape index (κ3) is 5.11. The van der Waals surface area contributed by atoms with E-state index in [-0.39, 0.29) is 11.8 Å². The molecule has 0 aliphatic carbocycles. The van der Waals surface area contributed by atoms with Gasteiger partial charge in [0.05, 0.1) is 0 Å². The lowest BCUT2D eigenvalue weighted by molar-refractivity contribution is -0.131. The molecule has 0 fully saturated rings. The first-order valence-electron chi connectivity index (χ1n) is 5.54. The molecule has 0 bridgehead atoms. The van der Waals surface area contributed by atoms with Crippen LogP contribution in [0.5, 0.6) is 5.75 Å². The number of benzene rings is 1. The van der Waals surface area contributed by atoms with Crippen molar-refractivity contribution >= 4 is 11.8 Å². The summed E-state index contributed by atoms with van der Waals surface area (Å²) in [5.41, 5.74) is 1.06. The van der Waals surface area contributed by atoms with Gasteiger partial charge in [-0.05, 0) is 36.6 Å². The molecule has 0 aliphatic heterocycles. The molecule has 0 heterocycles. The molecule has 90 valence electrons. The maximum atomic E-state index is 11.0. The summed E-state index contributed by atoms with van der Waals surface area (Å²) in [5, 5.41) is 0. The minimum atomic E-state index is -0.330. The Morgan fingerprint density at radius 3 is 2.82 bits per heavy atom. The van der Waals surface area contributed by atoms with Crippen molar-refractivity contribution in [1.29, 1.82) is 0 Å². The van der Waals surface area contributed by atoms with Crippen molar-refractivity contribution in [2.75, 3.05) is 0 Å². The monoisotopic (exact) mass is 232 g/mol. The predicted molar refractivity (Wildman–Crippen MR) is 65.9 cm³/mol. The fourth-order valence-corrected chi connectivity index (χ4v) is 1.50. The average Bonchev–Trinajstić information content (AvgIpc) is 2.28. The van der Waals surface area contributed by atoms with E-state index in [1.807, 2.05) is 18.2 Å². The summed E-state index contributed by atoms with van der Waals surface area (Å²) in [6, 6.07) is 7.34. The Balaban J connectivity index is 2.51. The molecule has 17 heavy (non-hydrogen) atoms. The number of carbonyl (C=O) groups is 2. The van der Waals surface area contributed by atoms with E-state index in [0.29, 0.717) is 12.2 Å². The maximum Gasteiger partial charge on any atom is 0.308 e. The van der Waals surface area contributed by atoms with E-state index in [9.17, 15) is 9.59 Å². The third-order valence-corrected chi connectivity index (χ3v) is 2.28. The zero-order chi connectivity index (χ0) is 12.7. The number of hydrogen-bond acceptors (Lipinski definition) is 3. The summed E-state index contributed by atoms with van der Waals surface area (Å²) < 4.78 is 4.98. The molecule has 0 radical (unpaired) electrons. The van der Waals surface area contributed by atoms with Crippen molar-refractivity contribution in [3.63, 3.8) is 0 Å². The Morgan fingerprint density at radius 1 is 1.41 bits per heavy atom. The molecule has 1 rings (SSSR count). The molecule has 0 aromatic heterocycles. The van der Waals surface area contributed by atoms with Gasteiger partial charge in [0.1, 0.15) is 5.75 Å². The van der Waals surface area contributed by atoms with Gasteiger partial charge >= 0.3 is 5.97 Å². The topological polar surface area (TPSA) is 43.4 Å². The molecule has 3 heteroatoms. The molecule has 1 aromatic rings.